The fourth-order valence-electron chi connectivity index (χ4n) is 7.93. The number of nitrogens with zero attached hydrogens (tertiary/aromatic N) is 2. The van der Waals surface area contributed by atoms with Gasteiger partial charge in [-0.05, 0) is 56.6 Å². The van der Waals surface area contributed by atoms with Crippen LogP contribution in [0.2, 0.25) is 0 Å². The Kier molecular flexibility index (Phi) is 6.56. The lowest BCUT2D eigenvalue weighted by Crippen LogP contribution is -2.54. The van der Waals surface area contributed by atoms with Gasteiger partial charge in [0.2, 0.25) is 5.91 Å². The molecular weight excluding hydrogens is 487 g/mol. The van der Waals surface area contributed by atoms with Crippen molar-refractivity contribution in [1.29, 1.82) is 0 Å². The van der Waals surface area contributed by atoms with Crippen molar-refractivity contribution in [3.63, 3.8) is 0 Å². The van der Waals surface area contributed by atoms with Crippen LogP contribution >= 0.6 is 0 Å². The number of carbonyl (C=O) groups is 1. The molecule has 3 aliphatic heterocycles. The number of methoxy groups -OCH3 is 1. The monoisotopic (exact) mass is 523 g/mol. The molecule has 6 rings (SSSR count). The van der Waals surface area contributed by atoms with Gasteiger partial charge >= 0.3 is 6.36 Å². The van der Waals surface area contributed by atoms with Crippen molar-refractivity contribution < 1.29 is 32.2 Å². The summed E-state index contributed by atoms with van der Waals surface area (Å²) in [7, 11) is 1.73. The van der Waals surface area contributed by atoms with Gasteiger partial charge in [0.1, 0.15) is 5.75 Å². The van der Waals surface area contributed by atoms with Crippen LogP contribution in [0.4, 0.5) is 18.9 Å². The lowest BCUT2D eigenvalue weighted by molar-refractivity contribution is -0.274. The van der Waals surface area contributed by atoms with Gasteiger partial charge in [0.25, 0.3) is 0 Å². The molecule has 1 aromatic carbocycles. The Morgan fingerprint density at radius 3 is 2.81 bits per heavy atom. The van der Waals surface area contributed by atoms with Crippen molar-refractivity contribution in [2.45, 2.75) is 81.6 Å². The molecule has 7 nitrogen and oxygen atoms in total. The van der Waals surface area contributed by atoms with Crippen molar-refractivity contribution in [2.24, 2.45) is 11.3 Å². The minimum atomic E-state index is -4.72. The van der Waals surface area contributed by atoms with E-state index in [4.69, 9.17) is 9.47 Å². The maximum Gasteiger partial charge on any atom is 0.573 e. The first kappa shape index (κ1) is 25.2. The second kappa shape index (κ2) is 9.61. The molecular formula is C27H36F3N3O4. The van der Waals surface area contributed by atoms with Crippen LogP contribution in [-0.4, -0.2) is 80.9 Å². The highest BCUT2D eigenvalue weighted by atomic mass is 19.4. The molecule has 2 saturated carbocycles. The van der Waals surface area contributed by atoms with Crippen molar-refractivity contribution >= 4 is 11.6 Å². The number of carbonyl (C=O) groups excluding carboxylic acids is 1. The van der Waals surface area contributed by atoms with Crippen LogP contribution in [0.15, 0.2) is 24.3 Å². The highest BCUT2D eigenvalue weighted by Gasteiger charge is 2.59. The van der Waals surface area contributed by atoms with E-state index in [9.17, 15) is 18.0 Å². The van der Waals surface area contributed by atoms with Gasteiger partial charge in [-0.1, -0.05) is 12.5 Å². The molecule has 10 heteroatoms. The quantitative estimate of drug-likeness (QED) is 0.614. The molecule has 2 bridgehead atoms. The third kappa shape index (κ3) is 4.69. The zero-order valence-corrected chi connectivity index (χ0v) is 21.2. The van der Waals surface area contributed by atoms with Gasteiger partial charge in [-0.3, -0.25) is 4.79 Å². The molecule has 1 N–H and O–H groups in total. The van der Waals surface area contributed by atoms with E-state index in [0.29, 0.717) is 43.3 Å². The predicted octanol–water partition coefficient (Wildman–Crippen LogP) is 3.72. The molecule has 0 radical (unpaired) electrons. The Morgan fingerprint density at radius 2 is 2.05 bits per heavy atom. The predicted molar refractivity (Wildman–Crippen MR) is 130 cm³/mol. The Bertz CT molecular complexity index is 1010. The number of likely N-dealkylation sites (tertiary alicyclic amines) is 1. The van der Waals surface area contributed by atoms with Crippen molar-refractivity contribution in [1.82, 2.24) is 10.2 Å². The second-order valence-corrected chi connectivity index (χ2v) is 11.5. The molecule has 3 saturated heterocycles. The SMILES string of the molecule is CO[C@@H]1COCC[C@@H]1N[C@@H]1C[C@H]2CCC[C@@]2(C(=O)N2C[C@H]3C[C@H]2CN3c2cccc(OC(F)(F)F)c2)C1. The van der Waals surface area contributed by atoms with Gasteiger partial charge in [0.05, 0.1) is 24.2 Å². The smallest absolute Gasteiger partial charge is 0.406 e. The van der Waals surface area contributed by atoms with E-state index < -0.39 is 6.36 Å². The molecule has 0 aromatic heterocycles. The zero-order chi connectivity index (χ0) is 25.8. The summed E-state index contributed by atoms with van der Waals surface area (Å²) in [6, 6.07) is 6.95. The number of nitrogens with one attached hydrogen (secondary N) is 1. The minimum absolute atomic E-state index is 0.0428. The molecule has 3 heterocycles. The van der Waals surface area contributed by atoms with Crippen LogP contribution in [0.1, 0.15) is 44.9 Å². The third-order valence-corrected chi connectivity index (χ3v) is 9.50. The summed E-state index contributed by atoms with van der Waals surface area (Å²) in [5.74, 6) is 0.499. The molecule has 5 aliphatic rings. The van der Waals surface area contributed by atoms with E-state index in [0.717, 1.165) is 51.6 Å². The van der Waals surface area contributed by atoms with Gasteiger partial charge < -0.3 is 29.3 Å². The second-order valence-electron chi connectivity index (χ2n) is 11.5. The maximum absolute atomic E-state index is 14.1. The number of rotatable bonds is 6. The highest BCUT2D eigenvalue weighted by Crippen LogP contribution is 2.56. The summed E-state index contributed by atoms with van der Waals surface area (Å²) in [5.41, 5.74) is 0.425. The first-order valence-electron chi connectivity index (χ1n) is 13.6. The standard InChI is InChI=1S/C27H36F3N3O4/c1-35-24-16-36-9-7-23(24)31-18-10-17-4-3-8-26(17,13-18)25(34)33-15-20-11-21(33)14-32(20)19-5-2-6-22(12-19)37-27(28,29)30/h2,5-6,12,17-18,20-21,23-24,31H,3-4,7-11,13-16H2,1H3/t17-,18-,20-,21+,23+,24-,26-/m1/s1. The van der Waals surface area contributed by atoms with Gasteiger partial charge in [-0.25, -0.2) is 0 Å². The van der Waals surface area contributed by atoms with Crippen LogP contribution in [0.5, 0.6) is 5.75 Å². The number of ether oxygens (including phenoxy) is 3. The summed E-state index contributed by atoms with van der Waals surface area (Å²) in [5, 5.41) is 3.83. The number of fused-ring (bicyclic) bond motifs is 3. The number of piperazine rings is 1. The van der Waals surface area contributed by atoms with Crippen LogP contribution in [0, 0.1) is 11.3 Å². The minimum Gasteiger partial charge on any atom is -0.406 e. The number of halogens is 3. The average molecular weight is 524 g/mol. The Labute approximate surface area is 215 Å². The topological polar surface area (TPSA) is 63.3 Å². The average Bonchev–Trinajstić information content (AvgIpc) is 3.63. The first-order chi connectivity index (χ1) is 17.8. The number of benzene rings is 1. The molecule has 0 spiro atoms. The Hall–Kier alpha value is -2.04. The summed E-state index contributed by atoms with van der Waals surface area (Å²) in [6.45, 7) is 2.61. The van der Waals surface area contributed by atoms with Crippen LogP contribution in [0.3, 0.4) is 0 Å². The molecule has 0 unspecified atom stereocenters. The largest absolute Gasteiger partial charge is 0.573 e. The van der Waals surface area contributed by atoms with E-state index in [1.54, 1.807) is 13.2 Å². The lowest BCUT2D eigenvalue weighted by Gasteiger charge is -2.41. The Balaban J connectivity index is 1.12. The summed E-state index contributed by atoms with van der Waals surface area (Å²) in [4.78, 5) is 18.4. The molecule has 1 aromatic rings. The number of anilines is 1. The van der Waals surface area contributed by atoms with E-state index in [-0.39, 0.29) is 35.4 Å². The molecule has 5 fully saturated rings. The highest BCUT2D eigenvalue weighted by molar-refractivity contribution is 5.85. The van der Waals surface area contributed by atoms with Crippen molar-refractivity contribution in [3.05, 3.63) is 24.3 Å². The van der Waals surface area contributed by atoms with E-state index in [1.165, 1.54) is 12.1 Å². The van der Waals surface area contributed by atoms with Crippen molar-refractivity contribution in [2.75, 3.05) is 38.3 Å². The Morgan fingerprint density at radius 1 is 1.19 bits per heavy atom. The van der Waals surface area contributed by atoms with Gasteiger partial charge in [-0.15, -0.1) is 13.2 Å². The number of hydrogen-bond acceptors (Lipinski definition) is 6. The fourth-order valence-corrected chi connectivity index (χ4v) is 7.93. The van der Waals surface area contributed by atoms with E-state index in [2.05, 4.69) is 19.9 Å². The lowest BCUT2D eigenvalue weighted by atomic mass is 9.78. The number of amides is 1. The third-order valence-electron chi connectivity index (χ3n) is 9.50. The molecule has 2 aliphatic carbocycles. The van der Waals surface area contributed by atoms with Crippen LogP contribution in [0.25, 0.3) is 0 Å². The first-order valence-corrected chi connectivity index (χ1v) is 13.6. The summed E-state index contributed by atoms with van der Waals surface area (Å²) < 4.78 is 53.4. The molecule has 1 amide bonds. The molecule has 37 heavy (non-hydrogen) atoms. The van der Waals surface area contributed by atoms with Gasteiger partial charge in [0.15, 0.2) is 0 Å². The maximum atomic E-state index is 14.1. The van der Waals surface area contributed by atoms with Crippen LogP contribution in [-0.2, 0) is 14.3 Å². The van der Waals surface area contributed by atoms with Gasteiger partial charge in [0, 0.05) is 56.7 Å². The summed E-state index contributed by atoms with van der Waals surface area (Å²) >= 11 is 0. The van der Waals surface area contributed by atoms with Gasteiger partial charge in [-0.2, -0.15) is 0 Å². The molecule has 204 valence electrons. The summed E-state index contributed by atoms with van der Waals surface area (Å²) in [6.07, 6.45) is 2.15. The van der Waals surface area contributed by atoms with Crippen molar-refractivity contribution in [3.8, 4) is 5.75 Å². The van der Waals surface area contributed by atoms with E-state index in [1.807, 2.05) is 6.07 Å². The van der Waals surface area contributed by atoms with E-state index >= 15 is 0 Å². The molecule has 7 atom stereocenters. The number of hydrogen-bond donors (Lipinski definition) is 1. The fraction of sp³-hybridized carbons (Fsp3) is 0.741. The van der Waals surface area contributed by atoms with Crippen LogP contribution < -0.4 is 15.0 Å². The zero-order valence-electron chi connectivity index (χ0n) is 21.2. The number of alkyl halides is 3. The normalized spacial score (nSPS) is 37.3.